The quantitative estimate of drug-likeness (QED) is 0.664. The molecule has 3 aromatic rings. The van der Waals surface area contributed by atoms with Gasteiger partial charge in [-0.15, -0.1) is 0 Å². The molecule has 0 saturated carbocycles. The summed E-state index contributed by atoms with van der Waals surface area (Å²) >= 11 is 0. The summed E-state index contributed by atoms with van der Waals surface area (Å²) in [5.41, 5.74) is 4.84. The minimum Gasteiger partial charge on any atom is -0.468 e. The average molecular weight is 346 g/mol. The summed E-state index contributed by atoms with van der Waals surface area (Å²) in [7, 11) is 1.38. The van der Waals surface area contributed by atoms with Crippen molar-refractivity contribution < 1.29 is 14.3 Å². The Morgan fingerprint density at radius 1 is 1.12 bits per heavy atom. The number of hydrogen-bond donors (Lipinski definition) is 2. The molecule has 2 aliphatic rings. The van der Waals surface area contributed by atoms with E-state index in [0.717, 1.165) is 39.8 Å². The molecule has 1 aliphatic heterocycles. The number of carbonyl (C=O) groups is 2. The number of aromatic nitrogens is 1. The highest BCUT2D eigenvalue weighted by atomic mass is 16.5. The fourth-order valence-electron chi connectivity index (χ4n) is 4.64. The molecule has 1 aromatic heterocycles. The summed E-state index contributed by atoms with van der Waals surface area (Å²) in [6.07, 6.45) is 0.724. The zero-order chi connectivity index (χ0) is 17.8. The summed E-state index contributed by atoms with van der Waals surface area (Å²) in [6, 6.07) is 15.9. The standard InChI is InChI=1S/C21H18N2O3/c1-26-21(25)18-17-13(11-6-2-5-9-16(11)23-20(17)24)10-14-12-7-3-4-8-15(12)22-19(14)18/h2-9,13,17-18,22H,10H2,1H3,(H,23,24)/t13-,17+,18+/m1/s1. The maximum Gasteiger partial charge on any atom is 0.315 e. The Balaban J connectivity index is 1.77. The van der Waals surface area contributed by atoms with Crippen molar-refractivity contribution in [1.29, 1.82) is 0 Å². The van der Waals surface area contributed by atoms with Gasteiger partial charge in [0.2, 0.25) is 5.91 Å². The van der Waals surface area contributed by atoms with E-state index in [0.29, 0.717) is 0 Å². The van der Waals surface area contributed by atoms with Crippen molar-refractivity contribution in [3.63, 3.8) is 0 Å². The number of aromatic amines is 1. The van der Waals surface area contributed by atoms with Crippen molar-refractivity contribution in [3.8, 4) is 0 Å². The zero-order valence-corrected chi connectivity index (χ0v) is 14.3. The number of nitrogens with one attached hydrogen (secondary N) is 2. The van der Waals surface area contributed by atoms with Crippen LogP contribution in [0.15, 0.2) is 48.5 Å². The topological polar surface area (TPSA) is 71.2 Å². The molecule has 1 amide bonds. The molecule has 5 rings (SSSR count). The maximum absolute atomic E-state index is 12.9. The molecule has 5 heteroatoms. The molecule has 3 atom stereocenters. The largest absolute Gasteiger partial charge is 0.468 e. The SMILES string of the molecule is COC(=O)[C@@H]1c2[nH]c3ccccc3c2C[C@@H]2c3ccccc3NC(=O)[C@@H]21. The zero-order valence-electron chi connectivity index (χ0n) is 14.3. The molecule has 0 radical (unpaired) electrons. The van der Waals surface area contributed by atoms with E-state index >= 15 is 0 Å². The van der Waals surface area contributed by atoms with Crippen LogP contribution in [0.3, 0.4) is 0 Å². The first-order chi connectivity index (χ1) is 12.7. The Hall–Kier alpha value is -3.08. The van der Waals surface area contributed by atoms with Crippen LogP contribution in [-0.2, 0) is 20.7 Å². The van der Waals surface area contributed by atoms with Gasteiger partial charge in [-0.3, -0.25) is 9.59 Å². The first kappa shape index (κ1) is 15.2. The van der Waals surface area contributed by atoms with E-state index in [2.05, 4.69) is 16.4 Å². The molecule has 130 valence electrons. The van der Waals surface area contributed by atoms with Crippen molar-refractivity contribution in [2.45, 2.75) is 18.3 Å². The van der Waals surface area contributed by atoms with Gasteiger partial charge in [0.1, 0.15) is 5.92 Å². The fraction of sp³-hybridized carbons (Fsp3) is 0.238. The number of methoxy groups -OCH3 is 1. The number of rotatable bonds is 1. The molecule has 5 nitrogen and oxygen atoms in total. The summed E-state index contributed by atoms with van der Waals surface area (Å²) in [4.78, 5) is 29.0. The summed E-state index contributed by atoms with van der Waals surface area (Å²) < 4.78 is 5.09. The van der Waals surface area contributed by atoms with Gasteiger partial charge in [-0.1, -0.05) is 36.4 Å². The average Bonchev–Trinajstić information content (AvgIpc) is 3.04. The second kappa shape index (κ2) is 5.46. The second-order valence-electron chi connectivity index (χ2n) is 6.98. The number of fused-ring (bicyclic) bond motifs is 6. The maximum atomic E-state index is 12.9. The van der Waals surface area contributed by atoms with E-state index in [1.807, 2.05) is 42.5 Å². The Bertz CT molecular complexity index is 1050. The van der Waals surface area contributed by atoms with Gasteiger partial charge in [-0.05, 0) is 29.7 Å². The Morgan fingerprint density at radius 3 is 2.73 bits per heavy atom. The van der Waals surface area contributed by atoms with Gasteiger partial charge in [-0.2, -0.15) is 0 Å². The molecule has 2 aromatic carbocycles. The number of esters is 1. The third-order valence-corrected chi connectivity index (χ3v) is 5.75. The molecule has 0 fully saturated rings. The van der Waals surface area contributed by atoms with Crippen molar-refractivity contribution in [1.82, 2.24) is 4.98 Å². The second-order valence-corrected chi connectivity index (χ2v) is 6.98. The van der Waals surface area contributed by atoms with Crippen LogP contribution in [0.2, 0.25) is 0 Å². The summed E-state index contributed by atoms with van der Waals surface area (Å²) in [5, 5.41) is 4.08. The lowest BCUT2D eigenvalue weighted by Gasteiger charge is -2.40. The van der Waals surface area contributed by atoms with Crippen LogP contribution in [-0.4, -0.2) is 24.0 Å². The van der Waals surface area contributed by atoms with Crippen LogP contribution in [0.5, 0.6) is 0 Å². The number of H-pyrrole nitrogens is 1. The third-order valence-electron chi connectivity index (χ3n) is 5.75. The molecular formula is C21H18N2O3. The van der Waals surface area contributed by atoms with Crippen molar-refractivity contribution >= 4 is 28.5 Å². The van der Waals surface area contributed by atoms with E-state index in [1.54, 1.807) is 0 Å². The lowest BCUT2D eigenvalue weighted by atomic mass is 9.66. The number of anilines is 1. The predicted molar refractivity (Wildman–Crippen MR) is 98.1 cm³/mol. The molecule has 2 N–H and O–H groups in total. The smallest absolute Gasteiger partial charge is 0.315 e. The number of amides is 1. The highest BCUT2D eigenvalue weighted by Gasteiger charge is 2.49. The monoisotopic (exact) mass is 346 g/mol. The minimum atomic E-state index is -0.630. The minimum absolute atomic E-state index is 0.0456. The number of para-hydroxylation sites is 2. The highest BCUT2D eigenvalue weighted by Crippen LogP contribution is 2.50. The van der Waals surface area contributed by atoms with Gasteiger partial charge in [0.15, 0.2) is 0 Å². The number of hydrogen-bond acceptors (Lipinski definition) is 3. The van der Waals surface area contributed by atoms with Crippen LogP contribution in [0.4, 0.5) is 5.69 Å². The fourth-order valence-corrected chi connectivity index (χ4v) is 4.64. The summed E-state index contributed by atoms with van der Waals surface area (Å²) in [6.45, 7) is 0. The first-order valence-electron chi connectivity index (χ1n) is 8.76. The molecule has 1 aliphatic carbocycles. The van der Waals surface area contributed by atoms with E-state index in [4.69, 9.17) is 4.74 Å². The van der Waals surface area contributed by atoms with E-state index < -0.39 is 11.8 Å². The number of carbonyl (C=O) groups excluding carboxylic acids is 2. The summed E-state index contributed by atoms with van der Waals surface area (Å²) in [5.74, 6) is -1.64. The van der Waals surface area contributed by atoms with E-state index in [1.165, 1.54) is 7.11 Å². The number of ether oxygens (including phenoxy) is 1. The van der Waals surface area contributed by atoms with Crippen molar-refractivity contribution in [2.75, 3.05) is 12.4 Å². The molecule has 2 heterocycles. The Labute approximate surface area is 150 Å². The Morgan fingerprint density at radius 2 is 1.88 bits per heavy atom. The van der Waals surface area contributed by atoms with Gasteiger partial charge in [-0.25, -0.2) is 0 Å². The third kappa shape index (κ3) is 1.97. The van der Waals surface area contributed by atoms with E-state index in [-0.39, 0.29) is 17.8 Å². The molecule has 0 spiro atoms. The van der Waals surface area contributed by atoms with Crippen molar-refractivity contribution in [3.05, 3.63) is 65.4 Å². The molecule has 0 saturated heterocycles. The number of benzene rings is 2. The lowest BCUT2D eigenvalue weighted by Crippen LogP contribution is -2.44. The van der Waals surface area contributed by atoms with Crippen molar-refractivity contribution in [2.24, 2.45) is 5.92 Å². The van der Waals surface area contributed by atoms with Crippen LogP contribution in [0, 0.1) is 5.92 Å². The molecule has 26 heavy (non-hydrogen) atoms. The van der Waals surface area contributed by atoms with Gasteiger partial charge in [0.05, 0.1) is 13.0 Å². The molecular weight excluding hydrogens is 328 g/mol. The predicted octanol–water partition coefficient (Wildman–Crippen LogP) is 3.33. The Kier molecular flexibility index (Phi) is 3.19. The lowest BCUT2D eigenvalue weighted by molar-refractivity contribution is -0.146. The van der Waals surface area contributed by atoms with Crippen LogP contribution in [0.1, 0.15) is 28.7 Å². The first-order valence-corrected chi connectivity index (χ1v) is 8.76. The van der Waals surface area contributed by atoms with Crippen LogP contribution < -0.4 is 5.32 Å². The van der Waals surface area contributed by atoms with Crippen LogP contribution in [0.25, 0.3) is 10.9 Å². The van der Waals surface area contributed by atoms with Gasteiger partial charge >= 0.3 is 5.97 Å². The van der Waals surface area contributed by atoms with Crippen LogP contribution >= 0.6 is 0 Å². The van der Waals surface area contributed by atoms with Gasteiger partial charge in [0.25, 0.3) is 0 Å². The molecule has 0 bridgehead atoms. The molecule has 0 unspecified atom stereocenters. The van der Waals surface area contributed by atoms with E-state index in [9.17, 15) is 9.59 Å². The van der Waals surface area contributed by atoms with Gasteiger partial charge < -0.3 is 15.0 Å². The van der Waals surface area contributed by atoms with Gasteiger partial charge in [0, 0.05) is 28.2 Å². The normalized spacial score (nSPS) is 23.6. The highest BCUT2D eigenvalue weighted by molar-refractivity contribution is 6.02.